The van der Waals surface area contributed by atoms with Crippen LogP contribution in [-0.2, 0) is 18.4 Å². The van der Waals surface area contributed by atoms with Crippen LogP contribution in [0.3, 0.4) is 0 Å². The minimum Gasteiger partial charge on any atom is -0.478 e. The predicted molar refractivity (Wildman–Crippen MR) is 174 cm³/mol. The molecule has 4 heterocycles. The predicted octanol–water partition coefficient (Wildman–Crippen LogP) is 4.63. The van der Waals surface area contributed by atoms with Crippen LogP contribution >= 0.6 is 18.9 Å². The number of carboxylic acids is 1. The fourth-order valence-electron chi connectivity index (χ4n) is 8.43. The average Bonchev–Trinajstić information content (AvgIpc) is 3.64. The normalized spacial score (nSPS) is 28.9. The molecule has 252 valence electrons. The zero-order valence-electron chi connectivity index (χ0n) is 26.8. The van der Waals surface area contributed by atoms with Crippen LogP contribution in [0.5, 0.6) is 0 Å². The van der Waals surface area contributed by atoms with E-state index in [1.165, 1.54) is 17.4 Å². The summed E-state index contributed by atoms with van der Waals surface area (Å²) in [5.41, 5.74) is 1.09. The molecule has 3 aliphatic carbocycles. The number of aliphatic carboxylic acids is 1. The number of aliphatic imine (C=N–C) groups is 1. The number of carboxylic acid groups (broad SMARTS) is 1. The Labute approximate surface area is 277 Å². The Bertz CT molecular complexity index is 1670. The maximum atomic E-state index is 14.7. The fraction of sp³-hybridized carbons (Fsp3) is 0.562. The summed E-state index contributed by atoms with van der Waals surface area (Å²) in [4.78, 5) is 41.7. The molecule has 0 radical (unpaired) electrons. The maximum absolute atomic E-state index is 14.7. The number of nitrogens with one attached hydrogen (secondary N) is 1. The molecule has 2 aromatic rings. The number of hydrogen-bond donors (Lipinski definition) is 2. The quantitative estimate of drug-likeness (QED) is 0.306. The summed E-state index contributed by atoms with van der Waals surface area (Å²) >= 11 is 1.38. The van der Waals surface area contributed by atoms with Crippen molar-refractivity contribution in [2.45, 2.75) is 57.7 Å². The van der Waals surface area contributed by atoms with Gasteiger partial charge in [0.05, 0.1) is 31.0 Å². The van der Waals surface area contributed by atoms with Gasteiger partial charge in [-0.3, -0.25) is 14.5 Å². The van der Waals surface area contributed by atoms with Crippen LogP contribution in [-0.4, -0.2) is 106 Å². The number of aromatic nitrogens is 1. The molecule has 6 aliphatic rings. The largest absolute Gasteiger partial charge is 0.478 e. The molecule has 2 saturated heterocycles. The molecule has 0 spiro atoms. The second-order valence-electron chi connectivity index (χ2n) is 13.3. The number of carbonyl (C=O) groups excluding carboxylic acids is 1. The van der Waals surface area contributed by atoms with Crippen molar-refractivity contribution in [1.29, 1.82) is 0 Å². The topological polar surface area (TPSA) is 137 Å². The van der Waals surface area contributed by atoms with Gasteiger partial charge in [0, 0.05) is 55.5 Å². The van der Waals surface area contributed by atoms with Crippen molar-refractivity contribution < 1.29 is 32.7 Å². The van der Waals surface area contributed by atoms with Crippen molar-refractivity contribution in [1.82, 2.24) is 25.0 Å². The number of amides is 2. The molecule has 2 amide bonds. The van der Waals surface area contributed by atoms with Gasteiger partial charge in [-0.2, -0.15) is 0 Å². The molecule has 1 aromatic carbocycles. The van der Waals surface area contributed by atoms with Gasteiger partial charge < -0.3 is 29.3 Å². The Morgan fingerprint density at radius 3 is 2.60 bits per heavy atom. The number of carbonyl (C=O) groups is 2. The van der Waals surface area contributed by atoms with Gasteiger partial charge in [0.25, 0.3) is 0 Å². The van der Waals surface area contributed by atoms with Gasteiger partial charge in [-0.15, -0.1) is 11.3 Å². The molecule has 12 nitrogen and oxygen atoms in total. The number of halogens is 1. The molecule has 5 fully saturated rings. The molecule has 3 saturated carbocycles. The maximum Gasteiger partial charge on any atom is 0.335 e. The summed E-state index contributed by atoms with van der Waals surface area (Å²) in [7, 11) is -3.16. The average molecular weight is 687 g/mol. The highest BCUT2D eigenvalue weighted by Gasteiger charge is 2.73. The number of hydrogen-bond acceptors (Lipinski definition) is 10. The van der Waals surface area contributed by atoms with Crippen molar-refractivity contribution in [3.8, 4) is 0 Å². The molecule has 47 heavy (non-hydrogen) atoms. The van der Waals surface area contributed by atoms with Crippen LogP contribution in [0.4, 0.5) is 9.18 Å². The summed E-state index contributed by atoms with van der Waals surface area (Å²) in [5, 5.41) is 16.2. The molecule has 2 bridgehead atoms. The monoisotopic (exact) mass is 686 g/mol. The molecule has 8 rings (SSSR count). The SMILES string of the molecule is CCOP(=O)(CC12CC(N3C[C@@H]4CN(CC5=C(C(=O)O)[C@H](c6cccc(F)c6C)N=C(c6nccs6)N5)CCN4C3=O)(C1)C2)OCC. The van der Waals surface area contributed by atoms with E-state index in [4.69, 9.17) is 14.0 Å². The van der Waals surface area contributed by atoms with Gasteiger partial charge in [0.15, 0.2) is 10.8 Å². The third-order valence-corrected chi connectivity index (χ3v) is 13.4. The molecular weight excluding hydrogens is 646 g/mol. The fourth-order valence-corrected chi connectivity index (χ4v) is 11.2. The van der Waals surface area contributed by atoms with Crippen LogP contribution in [0.2, 0.25) is 0 Å². The molecular formula is C32H40FN6O6PS. The van der Waals surface area contributed by atoms with Crippen LogP contribution in [0.25, 0.3) is 0 Å². The summed E-state index contributed by atoms with van der Waals surface area (Å²) in [6.45, 7) is 8.52. The zero-order chi connectivity index (χ0) is 33.1. The third-order valence-electron chi connectivity index (χ3n) is 10.3. The van der Waals surface area contributed by atoms with E-state index in [1.54, 1.807) is 25.3 Å². The van der Waals surface area contributed by atoms with E-state index in [2.05, 4.69) is 15.2 Å². The second kappa shape index (κ2) is 12.1. The highest BCUT2D eigenvalue weighted by Crippen LogP contribution is 2.74. The lowest BCUT2D eigenvalue weighted by Gasteiger charge is -2.73. The second-order valence-corrected chi connectivity index (χ2v) is 16.3. The smallest absolute Gasteiger partial charge is 0.335 e. The first-order valence-corrected chi connectivity index (χ1v) is 18.7. The van der Waals surface area contributed by atoms with Crippen molar-refractivity contribution in [2.75, 3.05) is 52.1 Å². The number of thiazole rings is 1. The van der Waals surface area contributed by atoms with Gasteiger partial charge in [0.2, 0.25) is 0 Å². The number of amidine groups is 1. The van der Waals surface area contributed by atoms with E-state index in [-0.39, 0.29) is 28.6 Å². The van der Waals surface area contributed by atoms with E-state index in [0.717, 1.165) is 19.3 Å². The van der Waals surface area contributed by atoms with Crippen LogP contribution < -0.4 is 5.32 Å². The van der Waals surface area contributed by atoms with E-state index < -0.39 is 25.4 Å². The van der Waals surface area contributed by atoms with Gasteiger partial charge in [-0.05, 0) is 62.6 Å². The van der Waals surface area contributed by atoms with Gasteiger partial charge >= 0.3 is 19.6 Å². The van der Waals surface area contributed by atoms with E-state index in [0.29, 0.717) is 79.8 Å². The molecule has 2 atom stereocenters. The number of fused-ring (bicyclic) bond motifs is 1. The first-order chi connectivity index (χ1) is 22.5. The first kappa shape index (κ1) is 32.4. The minimum absolute atomic E-state index is 0.0370. The summed E-state index contributed by atoms with van der Waals surface area (Å²) in [6.07, 6.45) is 4.47. The third kappa shape index (κ3) is 5.61. The van der Waals surface area contributed by atoms with Crippen molar-refractivity contribution in [3.05, 3.63) is 63.0 Å². The molecule has 0 unspecified atom stereocenters. The molecule has 2 N–H and O–H groups in total. The van der Waals surface area contributed by atoms with Gasteiger partial charge in [-0.1, -0.05) is 12.1 Å². The number of urea groups is 1. The van der Waals surface area contributed by atoms with E-state index >= 15 is 0 Å². The van der Waals surface area contributed by atoms with Crippen LogP contribution in [0, 0.1) is 18.2 Å². The highest BCUT2D eigenvalue weighted by atomic mass is 32.1. The van der Waals surface area contributed by atoms with Crippen molar-refractivity contribution >= 4 is 36.8 Å². The molecule has 15 heteroatoms. The lowest BCUT2D eigenvalue weighted by Crippen LogP contribution is -2.76. The molecule has 1 aromatic heterocycles. The lowest BCUT2D eigenvalue weighted by atomic mass is 9.39. The summed E-state index contributed by atoms with van der Waals surface area (Å²) in [6, 6.07) is 3.74. The zero-order valence-corrected chi connectivity index (χ0v) is 28.5. The van der Waals surface area contributed by atoms with Gasteiger partial charge in [-0.25, -0.2) is 19.0 Å². The Morgan fingerprint density at radius 1 is 1.19 bits per heavy atom. The Balaban J connectivity index is 1.07. The number of nitrogens with zero attached hydrogens (tertiary/aromatic N) is 5. The van der Waals surface area contributed by atoms with Crippen LogP contribution in [0.1, 0.15) is 55.3 Å². The first-order valence-electron chi connectivity index (χ1n) is 16.1. The Kier molecular flexibility index (Phi) is 8.31. The molecule has 3 aliphatic heterocycles. The number of benzene rings is 1. The van der Waals surface area contributed by atoms with Crippen LogP contribution in [0.15, 0.2) is 46.0 Å². The van der Waals surface area contributed by atoms with Gasteiger partial charge in [0.1, 0.15) is 11.9 Å². The Morgan fingerprint density at radius 2 is 1.94 bits per heavy atom. The van der Waals surface area contributed by atoms with Crippen molar-refractivity contribution in [3.63, 3.8) is 0 Å². The van der Waals surface area contributed by atoms with E-state index in [9.17, 15) is 23.7 Å². The van der Waals surface area contributed by atoms with E-state index in [1.807, 2.05) is 29.0 Å². The summed E-state index contributed by atoms with van der Waals surface area (Å²) in [5.74, 6) is -1.10. The highest BCUT2D eigenvalue weighted by molar-refractivity contribution is 7.53. The number of rotatable bonds is 12. The Hall–Kier alpha value is -3.16. The standard InChI is InChI=1S/C32H40FN6O6PS/c1-4-44-46(43,45-5-2)19-31-16-32(17-31,18-31)39-14-21-13-37(10-11-38(21)30(39)42)15-24-25(29(40)41)26(22-7-6-8-23(33)20(22)3)36-27(35-24)28-34-9-12-47-28/h6-9,12,21,26H,4-5,10-11,13-19H2,1-3H3,(H,35,36)(H,40,41)/t21-,26-,31?,32?/m0/s1. The number of piperazine rings is 1. The van der Waals surface area contributed by atoms with Crippen molar-refractivity contribution in [2.24, 2.45) is 10.4 Å². The lowest BCUT2D eigenvalue weighted by molar-refractivity contribution is -0.187. The summed E-state index contributed by atoms with van der Waals surface area (Å²) < 4.78 is 39.0. The minimum atomic E-state index is -3.16.